The number of guanidine groups is 1. The lowest BCUT2D eigenvalue weighted by Crippen LogP contribution is -2.46. The number of aryl methyl sites for hydroxylation is 1. The number of aliphatic imine (C=N–C) groups is 1. The van der Waals surface area contributed by atoms with Gasteiger partial charge in [-0.3, -0.25) is 9.69 Å². The number of nitrogens with zero attached hydrogens (tertiary/aromatic N) is 3. The number of nitrogens with one attached hydrogen (secondary N) is 2. The Kier molecular flexibility index (Phi) is 12.1. The molecule has 0 radical (unpaired) electrons. The van der Waals surface area contributed by atoms with Crippen molar-refractivity contribution in [1.29, 1.82) is 0 Å². The molecule has 7 nitrogen and oxygen atoms in total. The zero-order valence-electron chi connectivity index (χ0n) is 17.2. The van der Waals surface area contributed by atoms with Crippen LogP contribution >= 0.6 is 24.0 Å². The van der Waals surface area contributed by atoms with Crippen molar-refractivity contribution in [2.24, 2.45) is 4.99 Å². The van der Waals surface area contributed by atoms with Gasteiger partial charge in [-0.2, -0.15) is 0 Å². The first-order chi connectivity index (χ1) is 13.1. The fraction of sp³-hybridized carbons (Fsp3) is 0.600. The van der Waals surface area contributed by atoms with Crippen molar-refractivity contribution in [3.8, 4) is 0 Å². The molecule has 0 bridgehead atoms. The lowest BCUT2D eigenvalue weighted by Gasteiger charge is -2.26. The van der Waals surface area contributed by atoms with Gasteiger partial charge in [0.25, 0.3) is 0 Å². The van der Waals surface area contributed by atoms with Crippen molar-refractivity contribution in [1.82, 2.24) is 20.4 Å². The van der Waals surface area contributed by atoms with Crippen LogP contribution < -0.4 is 10.6 Å². The minimum absolute atomic E-state index is 0. The smallest absolute Gasteiger partial charge is 0.241 e. The molecule has 0 aromatic heterocycles. The normalized spacial score (nSPS) is 14.9. The highest BCUT2D eigenvalue weighted by Gasteiger charge is 2.11. The standard InChI is InChI=1S/C20H33N5O2.HI/c1-4-17-7-5-6-8-18(17)15-22-20(23-16-19(26)24(2)3)21-9-10-25-11-13-27-14-12-25;/h5-8H,4,9-16H2,1-3H3,(H2,21,22,23);1H. The Morgan fingerprint density at radius 3 is 2.50 bits per heavy atom. The van der Waals surface area contributed by atoms with E-state index in [1.807, 2.05) is 6.07 Å². The summed E-state index contributed by atoms with van der Waals surface area (Å²) in [5, 5.41) is 6.51. The molecule has 8 heteroatoms. The van der Waals surface area contributed by atoms with Gasteiger partial charge in [0.2, 0.25) is 5.91 Å². The van der Waals surface area contributed by atoms with E-state index in [4.69, 9.17) is 9.73 Å². The van der Waals surface area contributed by atoms with Crippen LogP contribution in [0.2, 0.25) is 0 Å². The third kappa shape index (κ3) is 8.74. The van der Waals surface area contributed by atoms with Gasteiger partial charge in [-0.05, 0) is 17.5 Å². The van der Waals surface area contributed by atoms with Crippen LogP contribution in [0, 0.1) is 0 Å². The van der Waals surface area contributed by atoms with Gasteiger partial charge in [-0.15, -0.1) is 24.0 Å². The molecule has 1 aliphatic rings. The molecule has 1 aromatic carbocycles. The number of carbonyl (C=O) groups excluding carboxylic acids is 1. The number of likely N-dealkylation sites (N-methyl/N-ethyl adjacent to an activating group) is 1. The third-order valence-electron chi connectivity index (χ3n) is 4.64. The first-order valence-corrected chi connectivity index (χ1v) is 9.69. The number of benzene rings is 1. The van der Waals surface area contributed by atoms with Crippen LogP contribution in [0.4, 0.5) is 0 Å². The molecule has 1 saturated heterocycles. The average molecular weight is 503 g/mol. The molecular weight excluding hydrogens is 469 g/mol. The van der Waals surface area contributed by atoms with Crippen molar-refractivity contribution in [3.63, 3.8) is 0 Å². The number of morpholine rings is 1. The Morgan fingerprint density at radius 2 is 1.86 bits per heavy atom. The Balaban J connectivity index is 0.00000392. The summed E-state index contributed by atoms with van der Waals surface area (Å²) in [5.74, 6) is 0.691. The van der Waals surface area contributed by atoms with Gasteiger partial charge in [-0.1, -0.05) is 31.2 Å². The van der Waals surface area contributed by atoms with Crippen molar-refractivity contribution < 1.29 is 9.53 Å². The first-order valence-electron chi connectivity index (χ1n) is 9.69. The van der Waals surface area contributed by atoms with E-state index in [2.05, 4.69) is 40.7 Å². The quantitative estimate of drug-likeness (QED) is 0.318. The number of hydrogen-bond acceptors (Lipinski definition) is 4. The lowest BCUT2D eigenvalue weighted by molar-refractivity contribution is -0.127. The van der Waals surface area contributed by atoms with E-state index in [0.29, 0.717) is 12.5 Å². The zero-order chi connectivity index (χ0) is 19.5. The molecule has 1 fully saturated rings. The third-order valence-corrected chi connectivity index (χ3v) is 4.64. The molecule has 158 valence electrons. The largest absolute Gasteiger partial charge is 0.379 e. The minimum atomic E-state index is 0. The Morgan fingerprint density at radius 1 is 1.18 bits per heavy atom. The molecule has 0 unspecified atom stereocenters. The molecule has 1 amide bonds. The van der Waals surface area contributed by atoms with Crippen LogP contribution in [0.15, 0.2) is 29.3 Å². The van der Waals surface area contributed by atoms with Gasteiger partial charge >= 0.3 is 0 Å². The molecule has 0 aliphatic carbocycles. The van der Waals surface area contributed by atoms with E-state index in [1.54, 1.807) is 19.0 Å². The van der Waals surface area contributed by atoms with E-state index < -0.39 is 0 Å². The summed E-state index contributed by atoms with van der Waals surface area (Å²) >= 11 is 0. The summed E-state index contributed by atoms with van der Waals surface area (Å²) < 4.78 is 5.38. The van der Waals surface area contributed by atoms with Crippen LogP contribution in [-0.2, 0) is 22.5 Å². The number of rotatable bonds is 8. The highest BCUT2D eigenvalue weighted by molar-refractivity contribution is 14.0. The predicted molar refractivity (Wildman–Crippen MR) is 124 cm³/mol. The van der Waals surface area contributed by atoms with Crippen LogP contribution in [0.25, 0.3) is 0 Å². The van der Waals surface area contributed by atoms with Crippen LogP contribution in [-0.4, -0.2) is 81.7 Å². The lowest BCUT2D eigenvalue weighted by atomic mass is 10.1. The first kappa shape index (κ1) is 24.6. The summed E-state index contributed by atoms with van der Waals surface area (Å²) in [5.41, 5.74) is 2.52. The van der Waals surface area contributed by atoms with Crippen molar-refractivity contribution in [2.75, 3.05) is 60.0 Å². The number of carbonyl (C=O) groups is 1. The van der Waals surface area contributed by atoms with Gasteiger partial charge in [-0.25, -0.2) is 4.99 Å². The second kappa shape index (κ2) is 13.7. The van der Waals surface area contributed by atoms with E-state index >= 15 is 0 Å². The minimum Gasteiger partial charge on any atom is -0.379 e. The fourth-order valence-electron chi connectivity index (χ4n) is 2.87. The number of amides is 1. The highest BCUT2D eigenvalue weighted by atomic mass is 127. The highest BCUT2D eigenvalue weighted by Crippen LogP contribution is 2.10. The van der Waals surface area contributed by atoms with Gasteiger partial charge in [0.15, 0.2) is 5.96 Å². The SMILES string of the molecule is CCc1ccccc1CN=C(NCCN1CCOCC1)NCC(=O)N(C)C.I. The monoisotopic (exact) mass is 503 g/mol. The maximum Gasteiger partial charge on any atom is 0.241 e. The molecule has 2 N–H and O–H groups in total. The summed E-state index contributed by atoms with van der Waals surface area (Å²) in [4.78, 5) is 20.5. The molecule has 0 atom stereocenters. The summed E-state index contributed by atoms with van der Waals surface area (Å²) in [6.07, 6.45) is 0.984. The average Bonchev–Trinajstić information content (AvgIpc) is 2.70. The summed E-state index contributed by atoms with van der Waals surface area (Å²) in [6, 6.07) is 8.35. The molecule has 1 aromatic rings. The maximum absolute atomic E-state index is 11.9. The fourth-order valence-corrected chi connectivity index (χ4v) is 2.87. The van der Waals surface area contributed by atoms with Crippen LogP contribution in [0.3, 0.4) is 0 Å². The molecule has 2 rings (SSSR count). The Labute approximate surface area is 185 Å². The molecule has 0 saturated carbocycles. The second-order valence-electron chi connectivity index (χ2n) is 6.81. The topological polar surface area (TPSA) is 69.2 Å². The summed E-state index contributed by atoms with van der Waals surface area (Å²) in [6.45, 7) is 8.19. The van der Waals surface area contributed by atoms with Gasteiger partial charge in [0.05, 0.1) is 26.3 Å². The van der Waals surface area contributed by atoms with Crippen LogP contribution in [0.5, 0.6) is 0 Å². The number of halogens is 1. The van der Waals surface area contributed by atoms with E-state index in [-0.39, 0.29) is 36.4 Å². The second-order valence-corrected chi connectivity index (χ2v) is 6.81. The Bertz CT molecular complexity index is 618. The van der Waals surface area contributed by atoms with Crippen molar-refractivity contribution in [2.45, 2.75) is 19.9 Å². The van der Waals surface area contributed by atoms with E-state index in [1.165, 1.54) is 11.1 Å². The number of ether oxygens (including phenoxy) is 1. The maximum atomic E-state index is 11.9. The molecule has 1 heterocycles. The summed E-state index contributed by atoms with van der Waals surface area (Å²) in [7, 11) is 3.51. The zero-order valence-corrected chi connectivity index (χ0v) is 19.6. The molecular formula is C20H34IN5O2. The predicted octanol–water partition coefficient (Wildman–Crippen LogP) is 1.32. The van der Waals surface area contributed by atoms with Gasteiger partial charge in [0, 0.05) is 40.3 Å². The molecule has 28 heavy (non-hydrogen) atoms. The van der Waals surface area contributed by atoms with Gasteiger partial charge in [0.1, 0.15) is 0 Å². The Hall–Kier alpha value is -1.39. The molecule has 0 spiro atoms. The van der Waals surface area contributed by atoms with Gasteiger partial charge < -0.3 is 20.3 Å². The number of hydrogen-bond donors (Lipinski definition) is 2. The van der Waals surface area contributed by atoms with E-state index in [0.717, 1.165) is 45.8 Å². The van der Waals surface area contributed by atoms with Crippen molar-refractivity contribution >= 4 is 35.8 Å². The van der Waals surface area contributed by atoms with E-state index in [9.17, 15) is 4.79 Å². The van der Waals surface area contributed by atoms with Crippen molar-refractivity contribution in [3.05, 3.63) is 35.4 Å². The molecule has 1 aliphatic heterocycles. The van der Waals surface area contributed by atoms with Crippen LogP contribution in [0.1, 0.15) is 18.1 Å².